The van der Waals surface area contributed by atoms with Crippen LogP contribution in [0.15, 0.2) is 21.4 Å². The van der Waals surface area contributed by atoms with Gasteiger partial charge in [-0.1, -0.05) is 20.3 Å². The van der Waals surface area contributed by atoms with E-state index >= 15 is 0 Å². The van der Waals surface area contributed by atoms with Crippen LogP contribution in [0.25, 0.3) is 17.0 Å². The molecule has 0 bridgehead atoms. The van der Waals surface area contributed by atoms with Crippen LogP contribution in [0.1, 0.15) is 63.8 Å². The largest absolute Gasteiger partial charge is 0.489 e. The predicted molar refractivity (Wildman–Crippen MR) is 104 cm³/mol. The second-order valence-electron chi connectivity index (χ2n) is 8.20. The molecule has 4 rings (SSSR count). The first-order chi connectivity index (χ1) is 12.7. The smallest absolute Gasteiger partial charge is 0.336 e. The highest BCUT2D eigenvalue weighted by Gasteiger charge is 2.39. The van der Waals surface area contributed by atoms with E-state index in [0.29, 0.717) is 22.6 Å². The Labute approximate surface area is 158 Å². The zero-order valence-corrected chi connectivity index (χ0v) is 16.5. The number of hydrogen-bond acceptors (Lipinski definition) is 5. The van der Waals surface area contributed by atoms with Gasteiger partial charge in [0, 0.05) is 12.0 Å². The number of fused-ring (bicyclic) bond motifs is 6. The Morgan fingerprint density at radius 3 is 2.67 bits per heavy atom. The van der Waals surface area contributed by atoms with E-state index in [1.54, 1.807) is 0 Å². The van der Waals surface area contributed by atoms with Gasteiger partial charge in [0.05, 0.1) is 22.6 Å². The Morgan fingerprint density at radius 2 is 1.96 bits per heavy atom. The molecule has 3 heterocycles. The Hall–Kier alpha value is -2.27. The summed E-state index contributed by atoms with van der Waals surface area (Å²) in [6.07, 6.45) is 4.65. The number of ether oxygens (including phenoxy) is 2. The third-order valence-corrected chi connectivity index (χ3v) is 5.62. The zero-order chi connectivity index (χ0) is 19.5. The fourth-order valence-electron chi connectivity index (χ4n) is 3.98. The Bertz CT molecular complexity index is 998. The van der Waals surface area contributed by atoms with Gasteiger partial charge in [-0.05, 0) is 44.9 Å². The molecule has 0 spiro atoms. The van der Waals surface area contributed by atoms with E-state index in [4.69, 9.17) is 13.9 Å². The molecule has 27 heavy (non-hydrogen) atoms. The third kappa shape index (κ3) is 2.76. The van der Waals surface area contributed by atoms with Crippen molar-refractivity contribution in [1.82, 2.24) is 0 Å². The maximum absolute atomic E-state index is 12.3. The molecule has 0 fully saturated rings. The minimum Gasteiger partial charge on any atom is -0.489 e. The summed E-state index contributed by atoms with van der Waals surface area (Å²) in [6.45, 7) is 9.91. The Kier molecular flexibility index (Phi) is 4.11. The first kappa shape index (κ1) is 18.1. The highest BCUT2D eigenvalue weighted by Crippen LogP contribution is 2.52. The topological polar surface area (TPSA) is 68.9 Å². The summed E-state index contributed by atoms with van der Waals surface area (Å²) in [6, 6.07) is 1.54. The maximum atomic E-state index is 12.3. The van der Waals surface area contributed by atoms with Crippen molar-refractivity contribution in [3.8, 4) is 11.5 Å². The molecule has 0 radical (unpaired) electrons. The molecule has 2 aromatic rings. The zero-order valence-electron chi connectivity index (χ0n) is 16.5. The van der Waals surface area contributed by atoms with E-state index in [0.717, 1.165) is 29.4 Å². The van der Waals surface area contributed by atoms with Gasteiger partial charge >= 0.3 is 5.63 Å². The van der Waals surface area contributed by atoms with Gasteiger partial charge in [0.1, 0.15) is 23.2 Å². The van der Waals surface area contributed by atoms with Gasteiger partial charge in [-0.2, -0.15) is 0 Å². The van der Waals surface area contributed by atoms with Crippen molar-refractivity contribution in [2.45, 2.75) is 65.3 Å². The monoisotopic (exact) mass is 370 g/mol. The van der Waals surface area contributed by atoms with E-state index < -0.39 is 17.3 Å². The average molecular weight is 370 g/mol. The fourth-order valence-corrected chi connectivity index (χ4v) is 3.98. The van der Waals surface area contributed by atoms with Crippen LogP contribution in [0.3, 0.4) is 0 Å². The van der Waals surface area contributed by atoms with Crippen molar-refractivity contribution >= 4 is 17.0 Å². The molecule has 1 aromatic heterocycles. The molecule has 5 heteroatoms. The quantitative estimate of drug-likeness (QED) is 0.795. The van der Waals surface area contributed by atoms with Crippen LogP contribution in [-0.2, 0) is 6.42 Å². The summed E-state index contributed by atoms with van der Waals surface area (Å²) < 4.78 is 18.1. The van der Waals surface area contributed by atoms with E-state index in [9.17, 15) is 9.90 Å². The number of aliphatic hydroxyl groups is 1. The number of hydrogen-bond donors (Lipinski definition) is 1. The minimum absolute atomic E-state index is 0.121. The second kappa shape index (κ2) is 6.13. The van der Waals surface area contributed by atoms with E-state index in [-0.39, 0.29) is 12.0 Å². The van der Waals surface area contributed by atoms with Gasteiger partial charge < -0.3 is 19.0 Å². The lowest BCUT2D eigenvalue weighted by atomic mass is 9.85. The number of aliphatic hydroxyl groups excluding tert-OH is 1. The van der Waals surface area contributed by atoms with Crippen LogP contribution in [0.2, 0.25) is 0 Å². The van der Waals surface area contributed by atoms with Crippen LogP contribution in [-0.4, -0.2) is 16.8 Å². The van der Waals surface area contributed by atoms with Crippen LogP contribution in [0, 0.1) is 5.92 Å². The van der Waals surface area contributed by atoms with Crippen molar-refractivity contribution in [2.24, 2.45) is 5.92 Å². The lowest BCUT2D eigenvalue weighted by molar-refractivity contribution is 0.0173. The molecule has 144 valence electrons. The standard InChI is InChI=1S/C22H26O5/c1-6-7-13-10-15(23)26-21-16(13)20-14(8-9-22(4,5)27-20)19-17(21)18(24)11(2)12(3)25-19/h8-12,18,24H,6-7H2,1-5H3/t11-,12+,18+/m1/s1. The summed E-state index contributed by atoms with van der Waals surface area (Å²) in [5, 5.41) is 11.8. The van der Waals surface area contributed by atoms with Crippen molar-refractivity contribution < 1.29 is 19.0 Å². The highest BCUT2D eigenvalue weighted by atomic mass is 16.5. The summed E-state index contributed by atoms with van der Waals surface area (Å²) in [4.78, 5) is 12.3. The van der Waals surface area contributed by atoms with Crippen molar-refractivity contribution in [1.29, 1.82) is 0 Å². The molecule has 0 saturated heterocycles. The lowest BCUT2D eigenvalue weighted by Crippen LogP contribution is -2.34. The molecule has 0 aliphatic carbocycles. The van der Waals surface area contributed by atoms with Gasteiger partial charge in [0.2, 0.25) is 0 Å². The first-order valence-electron chi connectivity index (χ1n) is 9.63. The summed E-state index contributed by atoms with van der Waals surface area (Å²) in [5.41, 5.74) is 1.72. The minimum atomic E-state index is -0.778. The molecule has 0 amide bonds. The summed E-state index contributed by atoms with van der Waals surface area (Å²) in [5.74, 6) is 1.10. The molecule has 2 aliphatic heterocycles. The van der Waals surface area contributed by atoms with Crippen molar-refractivity contribution in [3.05, 3.63) is 39.3 Å². The Morgan fingerprint density at radius 1 is 1.22 bits per heavy atom. The van der Waals surface area contributed by atoms with Gasteiger partial charge in [0.15, 0.2) is 5.58 Å². The van der Waals surface area contributed by atoms with E-state index in [2.05, 4.69) is 6.92 Å². The summed E-state index contributed by atoms with van der Waals surface area (Å²) in [7, 11) is 0. The molecule has 0 saturated carbocycles. The van der Waals surface area contributed by atoms with Crippen LogP contribution < -0.4 is 15.1 Å². The van der Waals surface area contributed by atoms with Gasteiger partial charge in [-0.25, -0.2) is 4.79 Å². The second-order valence-corrected chi connectivity index (χ2v) is 8.20. The molecule has 1 N–H and O–H groups in total. The van der Waals surface area contributed by atoms with Gasteiger partial charge in [0.25, 0.3) is 0 Å². The normalized spacial score (nSPS) is 25.5. The molecular weight excluding hydrogens is 344 g/mol. The molecule has 0 unspecified atom stereocenters. The maximum Gasteiger partial charge on any atom is 0.336 e. The highest BCUT2D eigenvalue weighted by molar-refractivity contribution is 5.97. The lowest BCUT2D eigenvalue weighted by Gasteiger charge is -2.37. The average Bonchev–Trinajstić information content (AvgIpc) is 2.58. The number of rotatable bonds is 2. The summed E-state index contributed by atoms with van der Waals surface area (Å²) >= 11 is 0. The van der Waals surface area contributed by atoms with Gasteiger partial charge in [-0.15, -0.1) is 0 Å². The van der Waals surface area contributed by atoms with Crippen LogP contribution in [0.4, 0.5) is 0 Å². The molecule has 3 atom stereocenters. The van der Waals surface area contributed by atoms with Crippen molar-refractivity contribution in [2.75, 3.05) is 0 Å². The van der Waals surface area contributed by atoms with E-state index in [1.165, 1.54) is 6.07 Å². The van der Waals surface area contributed by atoms with Crippen LogP contribution >= 0.6 is 0 Å². The molecule has 2 aliphatic rings. The first-order valence-corrected chi connectivity index (χ1v) is 9.63. The SMILES string of the molecule is CCCc1cc(=O)oc2c3c(c4c(c12)OC(C)(C)C=C4)O[C@@H](C)[C@@H](C)[C@@H]3O. The number of aryl methyl sites for hydroxylation is 1. The Balaban J connectivity index is 2.17. The molecule has 1 aromatic carbocycles. The number of benzene rings is 1. The van der Waals surface area contributed by atoms with Gasteiger partial charge in [-0.3, -0.25) is 0 Å². The van der Waals surface area contributed by atoms with Crippen molar-refractivity contribution in [3.63, 3.8) is 0 Å². The van der Waals surface area contributed by atoms with Crippen LogP contribution in [0.5, 0.6) is 11.5 Å². The molecular formula is C22H26O5. The third-order valence-electron chi connectivity index (χ3n) is 5.62. The predicted octanol–water partition coefficient (Wildman–Crippen LogP) is 4.38. The molecule has 5 nitrogen and oxygen atoms in total. The van der Waals surface area contributed by atoms with E-state index in [1.807, 2.05) is 39.8 Å². The fraction of sp³-hybridized carbons (Fsp3) is 0.500.